The minimum Gasteiger partial charge on any atom is -0.380 e. The normalized spacial score (nSPS) is 20.2. The Balaban J connectivity index is 2.37. The lowest BCUT2D eigenvalue weighted by atomic mass is 9.87. The minimum atomic E-state index is 0.320. The van der Waals surface area contributed by atoms with Gasteiger partial charge in [-0.3, -0.25) is 0 Å². The van der Waals surface area contributed by atoms with E-state index in [1.54, 1.807) is 0 Å². The zero-order valence-corrected chi connectivity index (χ0v) is 11.7. The molecule has 2 heteroatoms. The van der Waals surface area contributed by atoms with Crippen LogP contribution in [0, 0.1) is 19.3 Å². The Kier molecular flexibility index (Phi) is 2.95. The monoisotopic (exact) mass is 235 g/mol. The van der Waals surface area contributed by atoms with Crippen LogP contribution in [0.15, 0.2) is 17.0 Å². The summed E-state index contributed by atoms with van der Waals surface area (Å²) in [6.45, 7) is 11.3. The van der Waals surface area contributed by atoms with Crippen molar-refractivity contribution < 1.29 is 0 Å². The van der Waals surface area contributed by atoms with Gasteiger partial charge < -0.3 is 5.32 Å². The number of anilines is 1. The van der Waals surface area contributed by atoms with Crippen molar-refractivity contribution in [2.24, 2.45) is 5.41 Å². The molecule has 1 aliphatic heterocycles. The second kappa shape index (κ2) is 3.99. The van der Waals surface area contributed by atoms with Crippen molar-refractivity contribution in [2.45, 2.75) is 45.6 Å². The Bertz CT molecular complexity index is 404. The molecule has 0 aromatic heterocycles. The van der Waals surface area contributed by atoms with Crippen LogP contribution in [-0.4, -0.2) is 11.8 Å². The molecule has 0 saturated heterocycles. The molecule has 0 amide bonds. The molecule has 1 heterocycles. The quantitative estimate of drug-likeness (QED) is 0.722. The van der Waals surface area contributed by atoms with Crippen LogP contribution >= 0.6 is 11.8 Å². The third-order valence-corrected chi connectivity index (χ3v) is 4.64. The van der Waals surface area contributed by atoms with Crippen molar-refractivity contribution in [3.05, 3.63) is 23.3 Å². The van der Waals surface area contributed by atoms with Crippen LogP contribution in [-0.2, 0) is 0 Å². The van der Waals surface area contributed by atoms with Crippen molar-refractivity contribution in [3.8, 4) is 0 Å². The van der Waals surface area contributed by atoms with Crippen LogP contribution in [0.1, 0.15) is 31.9 Å². The van der Waals surface area contributed by atoms with Gasteiger partial charge in [0, 0.05) is 16.7 Å². The van der Waals surface area contributed by atoms with Crippen molar-refractivity contribution >= 4 is 17.4 Å². The molecule has 1 aromatic rings. The van der Waals surface area contributed by atoms with Gasteiger partial charge in [-0.15, -0.1) is 11.8 Å². The van der Waals surface area contributed by atoms with Gasteiger partial charge in [-0.2, -0.15) is 0 Å². The maximum absolute atomic E-state index is 3.73. The van der Waals surface area contributed by atoms with Crippen LogP contribution < -0.4 is 5.32 Å². The Morgan fingerprint density at radius 1 is 1.19 bits per heavy atom. The van der Waals surface area contributed by atoms with E-state index in [0.717, 1.165) is 0 Å². The number of rotatable bonds is 0. The van der Waals surface area contributed by atoms with Gasteiger partial charge in [0.15, 0.2) is 0 Å². The fraction of sp³-hybridized carbons (Fsp3) is 0.571. The van der Waals surface area contributed by atoms with Gasteiger partial charge in [0.2, 0.25) is 0 Å². The second-order valence-electron chi connectivity index (χ2n) is 5.78. The Morgan fingerprint density at radius 3 is 2.44 bits per heavy atom. The van der Waals surface area contributed by atoms with Gasteiger partial charge in [-0.25, -0.2) is 0 Å². The fourth-order valence-electron chi connectivity index (χ4n) is 2.00. The van der Waals surface area contributed by atoms with Crippen LogP contribution in [0.3, 0.4) is 0 Å². The van der Waals surface area contributed by atoms with Gasteiger partial charge in [-0.1, -0.05) is 32.9 Å². The third-order valence-electron chi connectivity index (χ3n) is 3.32. The molecule has 1 N–H and O–H groups in total. The summed E-state index contributed by atoms with van der Waals surface area (Å²) in [5.74, 6) is 1.17. The SMILES string of the molecule is Cc1ccc(C)c2c1NC(C(C)(C)C)CS2. The van der Waals surface area contributed by atoms with Gasteiger partial charge in [0.05, 0.1) is 5.69 Å². The topological polar surface area (TPSA) is 12.0 Å². The number of benzene rings is 1. The predicted octanol–water partition coefficient (Wildman–Crippen LogP) is 4.24. The molecule has 1 nitrogen and oxygen atoms in total. The maximum Gasteiger partial charge on any atom is 0.0513 e. The summed E-state index contributed by atoms with van der Waals surface area (Å²) in [5, 5.41) is 3.73. The van der Waals surface area contributed by atoms with Crippen LogP contribution in [0.2, 0.25) is 0 Å². The zero-order chi connectivity index (χ0) is 11.9. The van der Waals surface area contributed by atoms with Crippen molar-refractivity contribution in [2.75, 3.05) is 11.1 Å². The predicted molar refractivity (Wildman–Crippen MR) is 73.5 cm³/mol. The van der Waals surface area contributed by atoms with Crippen molar-refractivity contribution in [3.63, 3.8) is 0 Å². The number of nitrogens with one attached hydrogen (secondary N) is 1. The van der Waals surface area contributed by atoms with Crippen LogP contribution in [0.25, 0.3) is 0 Å². The first-order valence-electron chi connectivity index (χ1n) is 5.89. The minimum absolute atomic E-state index is 0.320. The fourth-order valence-corrected chi connectivity index (χ4v) is 3.58. The molecule has 88 valence electrons. The van der Waals surface area contributed by atoms with Crippen LogP contribution in [0.5, 0.6) is 0 Å². The summed E-state index contributed by atoms with van der Waals surface area (Å²) < 4.78 is 0. The van der Waals surface area contributed by atoms with E-state index in [1.807, 2.05) is 11.8 Å². The lowest BCUT2D eigenvalue weighted by Crippen LogP contribution is -2.38. The first-order valence-corrected chi connectivity index (χ1v) is 6.87. The molecule has 0 saturated carbocycles. The summed E-state index contributed by atoms with van der Waals surface area (Å²) in [6.07, 6.45) is 0. The van der Waals surface area contributed by atoms with Gasteiger partial charge in [-0.05, 0) is 30.4 Å². The van der Waals surface area contributed by atoms with E-state index in [4.69, 9.17) is 0 Å². The average molecular weight is 235 g/mol. The summed E-state index contributed by atoms with van der Waals surface area (Å²) in [4.78, 5) is 1.44. The molecule has 1 unspecified atom stereocenters. The summed E-state index contributed by atoms with van der Waals surface area (Å²) >= 11 is 2.00. The van der Waals surface area contributed by atoms with Gasteiger partial charge in [0.25, 0.3) is 0 Å². The van der Waals surface area contributed by atoms with E-state index in [2.05, 4.69) is 52.1 Å². The van der Waals surface area contributed by atoms with Gasteiger partial charge in [0.1, 0.15) is 0 Å². The lowest BCUT2D eigenvalue weighted by Gasteiger charge is -2.37. The average Bonchev–Trinajstić information content (AvgIpc) is 2.22. The highest BCUT2D eigenvalue weighted by Gasteiger charge is 2.29. The summed E-state index contributed by atoms with van der Waals surface area (Å²) in [7, 11) is 0. The Hall–Kier alpha value is -0.630. The van der Waals surface area contributed by atoms with E-state index < -0.39 is 0 Å². The van der Waals surface area contributed by atoms with E-state index in [9.17, 15) is 0 Å². The first kappa shape index (κ1) is 11.8. The Labute approximate surface area is 103 Å². The standard InChI is InChI=1S/C14H21NS/c1-9-6-7-10(2)13-12(9)15-11(8-16-13)14(3,4)5/h6-7,11,15H,8H2,1-5H3. The molecule has 16 heavy (non-hydrogen) atoms. The molecule has 0 spiro atoms. The summed E-state index contributed by atoms with van der Waals surface area (Å²) in [5.41, 5.74) is 4.43. The molecule has 1 aromatic carbocycles. The highest BCUT2D eigenvalue weighted by molar-refractivity contribution is 7.99. The molecule has 1 aliphatic rings. The first-order chi connectivity index (χ1) is 7.39. The molecule has 2 rings (SSSR count). The molecule has 0 fully saturated rings. The molecular formula is C14H21NS. The molecular weight excluding hydrogens is 214 g/mol. The Morgan fingerprint density at radius 2 is 1.81 bits per heavy atom. The number of thioether (sulfide) groups is 1. The van der Waals surface area contributed by atoms with Crippen molar-refractivity contribution in [1.29, 1.82) is 0 Å². The number of hydrogen-bond acceptors (Lipinski definition) is 2. The van der Waals surface area contributed by atoms with Crippen molar-refractivity contribution in [1.82, 2.24) is 0 Å². The highest BCUT2D eigenvalue weighted by atomic mass is 32.2. The number of aryl methyl sites for hydroxylation is 2. The molecule has 0 radical (unpaired) electrons. The number of fused-ring (bicyclic) bond motifs is 1. The highest BCUT2D eigenvalue weighted by Crippen LogP contribution is 2.41. The van der Waals surface area contributed by atoms with Gasteiger partial charge >= 0.3 is 0 Å². The molecule has 0 bridgehead atoms. The smallest absolute Gasteiger partial charge is 0.0513 e. The number of hydrogen-bond donors (Lipinski definition) is 1. The lowest BCUT2D eigenvalue weighted by molar-refractivity contribution is 0.361. The van der Waals surface area contributed by atoms with E-state index >= 15 is 0 Å². The second-order valence-corrected chi connectivity index (χ2v) is 6.81. The maximum atomic E-state index is 3.73. The molecule has 0 aliphatic carbocycles. The molecule has 1 atom stereocenters. The largest absolute Gasteiger partial charge is 0.380 e. The van der Waals surface area contributed by atoms with E-state index in [0.29, 0.717) is 11.5 Å². The third kappa shape index (κ3) is 2.08. The summed E-state index contributed by atoms with van der Waals surface area (Å²) in [6, 6.07) is 5.00. The van der Waals surface area contributed by atoms with Crippen LogP contribution in [0.4, 0.5) is 5.69 Å². The zero-order valence-electron chi connectivity index (χ0n) is 10.8. The van der Waals surface area contributed by atoms with E-state index in [1.165, 1.54) is 27.5 Å². The van der Waals surface area contributed by atoms with E-state index in [-0.39, 0.29) is 0 Å².